The van der Waals surface area contributed by atoms with E-state index in [1.807, 2.05) is 13.0 Å². The van der Waals surface area contributed by atoms with Gasteiger partial charge in [-0.25, -0.2) is 4.98 Å². The molecule has 3 aliphatic carbocycles. The van der Waals surface area contributed by atoms with E-state index >= 15 is 0 Å². The molecule has 1 N–H and O–H groups in total. The van der Waals surface area contributed by atoms with Gasteiger partial charge in [-0.2, -0.15) is 0 Å². The van der Waals surface area contributed by atoms with Gasteiger partial charge in [0.15, 0.2) is 5.13 Å². The number of nitro benzene ring substituents is 1. The monoisotopic (exact) mass is 467 g/mol. The molecule has 1 amide bonds. The van der Waals surface area contributed by atoms with Gasteiger partial charge < -0.3 is 5.32 Å². The van der Waals surface area contributed by atoms with E-state index in [1.54, 1.807) is 18.3 Å². The minimum atomic E-state index is -0.340. The number of fused-ring (bicyclic) bond motifs is 5. The third kappa shape index (κ3) is 3.88. The van der Waals surface area contributed by atoms with Crippen molar-refractivity contribution in [2.24, 2.45) is 23.2 Å². The summed E-state index contributed by atoms with van der Waals surface area (Å²) in [5.41, 5.74) is 2.13. The first-order chi connectivity index (χ1) is 15.8. The highest BCUT2D eigenvalue weighted by Crippen LogP contribution is 2.62. The van der Waals surface area contributed by atoms with Gasteiger partial charge in [0.25, 0.3) is 5.69 Å². The van der Waals surface area contributed by atoms with Gasteiger partial charge in [0, 0.05) is 41.5 Å². The molecule has 5 unspecified atom stereocenters. The molecule has 1 heterocycles. The van der Waals surface area contributed by atoms with E-state index in [4.69, 9.17) is 0 Å². The van der Waals surface area contributed by atoms with Crippen LogP contribution in [0.25, 0.3) is 0 Å². The molecule has 7 nitrogen and oxygen atoms in total. The number of thiazole rings is 1. The van der Waals surface area contributed by atoms with E-state index in [0.717, 1.165) is 36.1 Å². The zero-order chi connectivity index (χ0) is 23.3. The number of benzene rings is 1. The second kappa shape index (κ2) is 8.31. The number of non-ortho nitro benzene ring substituents is 1. The SMILES string of the molecule is Cc1cnc(NC(=O)CCC2CC(=O)C3(C)CCC4c5cc([N+](=O)[O-])ccc5CCC4C23)s1. The summed E-state index contributed by atoms with van der Waals surface area (Å²) in [5.74, 6) is 1.27. The van der Waals surface area contributed by atoms with Crippen LogP contribution in [-0.2, 0) is 16.0 Å². The molecule has 0 bridgehead atoms. The molecule has 1 aromatic heterocycles. The lowest BCUT2D eigenvalue weighted by atomic mass is 9.54. The number of ketones is 1. The number of carbonyl (C=O) groups is 2. The Hall–Kier alpha value is -2.61. The number of Topliss-reactive ketones (excluding diaryl/α,β-unsaturated/α-hetero) is 1. The predicted octanol–water partition coefficient (Wildman–Crippen LogP) is 5.43. The topological polar surface area (TPSA) is 102 Å². The minimum Gasteiger partial charge on any atom is -0.302 e. The van der Waals surface area contributed by atoms with Crippen molar-refractivity contribution in [2.75, 3.05) is 5.32 Å². The Kier molecular flexibility index (Phi) is 5.59. The summed E-state index contributed by atoms with van der Waals surface area (Å²) in [4.78, 5) is 42.0. The molecule has 174 valence electrons. The smallest absolute Gasteiger partial charge is 0.269 e. The summed E-state index contributed by atoms with van der Waals surface area (Å²) in [6, 6.07) is 5.29. The van der Waals surface area contributed by atoms with E-state index < -0.39 is 0 Å². The maximum Gasteiger partial charge on any atom is 0.269 e. The first-order valence-electron chi connectivity index (χ1n) is 11.8. The fraction of sp³-hybridized carbons (Fsp3) is 0.560. The average Bonchev–Trinajstić information content (AvgIpc) is 3.31. The van der Waals surface area contributed by atoms with Crippen LogP contribution in [0.1, 0.15) is 67.4 Å². The number of anilines is 1. The Morgan fingerprint density at radius 2 is 2.18 bits per heavy atom. The van der Waals surface area contributed by atoms with Crippen molar-refractivity contribution >= 4 is 33.8 Å². The Balaban J connectivity index is 1.35. The molecule has 5 atom stereocenters. The Bertz CT molecular complexity index is 1130. The molecule has 2 saturated carbocycles. The molecule has 2 fully saturated rings. The molecule has 2 aromatic rings. The number of hydrogen-bond donors (Lipinski definition) is 1. The highest BCUT2D eigenvalue weighted by molar-refractivity contribution is 7.15. The molecular formula is C25H29N3O4S. The van der Waals surface area contributed by atoms with Gasteiger partial charge in [-0.3, -0.25) is 19.7 Å². The lowest BCUT2D eigenvalue weighted by Crippen LogP contribution is -2.44. The van der Waals surface area contributed by atoms with Gasteiger partial charge in [0.1, 0.15) is 5.78 Å². The van der Waals surface area contributed by atoms with Crippen LogP contribution in [0.3, 0.4) is 0 Å². The first-order valence-corrected chi connectivity index (χ1v) is 12.6. The number of amides is 1. The highest BCUT2D eigenvalue weighted by atomic mass is 32.1. The summed E-state index contributed by atoms with van der Waals surface area (Å²) in [7, 11) is 0. The van der Waals surface area contributed by atoms with Crippen molar-refractivity contribution in [1.29, 1.82) is 0 Å². The highest BCUT2D eigenvalue weighted by Gasteiger charge is 2.58. The van der Waals surface area contributed by atoms with Gasteiger partial charge in [-0.05, 0) is 73.8 Å². The Morgan fingerprint density at radius 3 is 2.91 bits per heavy atom. The number of nitro groups is 1. The largest absolute Gasteiger partial charge is 0.302 e. The van der Waals surface area contributed by atoms with Crippen LogP contribution in [0.5, 0.6) is 0 Å². The average molecular weight is 468 g/mol. The van der Waals surface area contributed by atoms with Crippen LogP contribution in [0.2, 0.25) is 0 Å². The number of nitrogens with one attached hydrogen (secondary N) is 1. The summed E-state index contributed by atoms with van der Waals surface area (Å²) >= 11 is 1.46. The van der Waals surface area contributed by atoms with Crippen LogP contribution in [-0.4, -0.2) is 21.6 Å². The molecule has 5 rings (SSSR count). The summed E-state index contributed by atoms with van der Waals surface area (Å²) < 4.78 is 0. The van der Waals surface area contributed by atoms with Gasteiger partial charge in [0.05, 0.1) is 4.92 Å². The predicted molar refractivity (Wildman–Crippen MR) is 126 cm³/mol. The Labute approximate surface area is 197 Å². The molecule has 0 spiro atoms. The van der Waals surface area contributed by atoms with E-state index in [-0.39, 0.29) is 39.7 Å². The van der Waals surface area contributed by atoms with Crippen LogP contribution in [0.15, 0.2) is 24.4 Å². The molecule has 33 heavy (non-hydrogen) atoms. The third-order valence-electron chi connectivity index (χ3n) is 8.38. The number of nitrogens with zero attached hydrogens (tertiary/aromatic N) is 2. The van der Waals surface area contributed by atoms with Crippen molar-refractivity contribution < 1.29 is 14.5 Å². The molecule has 8 heteroatoms. The maximum atomic E-state index is 13.1. The van der Waals surface area contributed by atoms with Gasteiger partial charge in [-0.15, -0.1) is 11.3 Å². The zero-order valence-electron chi connectivity index (χ0n) is 19.0. The van der Waals surface area contributed by atoms with E-state index in [9.17, 15) is 19.7 Å². The second-order valence-electron chi connectivity index (χ2n) is 10.2. The molecular weight excluding hydrogens is 438 g/mol. The number of carbonyl (C=O) groups excluding carboxylic acids is 2. The van der Waals surface area contributed by atoms with Gasteiger partial charge in [-0.1, -0.05) is 13.0 Å². The lowest BCUT2D eigenvalue weighted by molar-refractivity contribution is -0.385. The first kappa shape index (κ1) is 22.2. The summed E-state index contributed by atoms with van der Waals surface area (Å²) in [6.07, 6.45) is 6.96. The quantitative estimate of drug-likeness (QED) is 0.467. The zero-order valence-corrected chi connectivity index (χ0v) is 19.8. The summed E-state index contributed by atoms with van der Waals surface area (Å²) in [6.45, 7) is 4.08. The maximum absolute atomic E-state index is 13.1. The van der Waals surface area contributed by atoms with E-state index in [2.05, 4.69) is 17.2 Å². The van der Waals surface area contributed by atoms with Crippen LogP contribution in [0, 0.1) is 40.2 Å². The number of aromatic nitrogens is 1. The van der Waals surface area contributed by atoms with Crippen LogP contribution < -0.4 is 5.32 Å². The van der Waals surface area contributed by atoms with Crippen molar-refractivity contribution in [3.8, 4) is 0 Å². The summed E-state index contributed by atoms with van der Waals surface area (Å²) in [5, 5.41) is 14.9. The van der Waals surface area contributed by atoms with E-state index in [1.165, 1.54) is 16.9 Å². The minimum absolute atomic E-state index is 0.0534. The van der Waals surface area contributed by atoms with Crippen LogP contribution in [0.4, 0.5) is 10.8 Å². The third-order valence-corrected chi connectivity index (χ3v) is 9.21. The molecule has 0 aliphatic heterocycles. The lowest BCUT2D eigenvalue weighted by Gasteiger charge is -2.49. The van der Waals surface area contributed by atoms with Crippen molar-refractivity contribution in [3.05, 3.63) is 50.5 Å². The van der Waals surface area contributed by atoms with Gasteiger partial charge in [0.2, 0.25) is 5.91 Å². The molecule has 1 aromatic carbocycles. The van der Waals surface area contributed by atoms with Gasteiger partial charge >= 0.3 is 0 Å². The molecule has 0 saturated heterocycles. The van der Waals surface area contributed by atoms with Crippen molar-refractivity contribution in [1.82, 2.24) is 4.98 Å². The Morgan fingerprint density at radius 1 is 1.36 bits per heavy atom. The normalized spacial score (nSPS) is 30.3. The number of hydrogen-bond acceptors (Lipinski definition) is 6. The second-order valence-corrected chi connectivity index (χ2v) is 11.4. The standard InChI is InChI=1S/C25H29N3O4S/c1-14-13-26-24(33-14)27-22(30)8-5-16-11-21(29)25(2)10-9-18-19(23(16)25)7-4-15-3-6-17(28(31)32)12-20(15)18/h3,6,12-13,16,18-19,23H,4-5,7-11H2,1-2H3,(H,26,27,30). The molecule has 0 radical (unpaired) electrons. The molecule has 3 aliphatic rings. The fourth-order valence-electron chi connectivity index (χ4n) is 6.90. The van der Waals surface area contributed by atoms with Crippen molar-refractivity contribution in [2.45, 2.75) is 64.7 Å². The number of aryl methyl sites for hydroxylation is 2. The van der Waals surface area contributed by atoms with Crippen molar-refractivity contribution in [3.63, 3.8) is 0 Å². The van der Waals surface area contributed by atoms with Crippen LogP contribution >= 0.6 is 11.3 Å². The fourth-order valence-corrected chi connectivity index (χ4v) is 7.58. The van der Waals surface area contributed by atoms with E-state index in [0.29, 0.717) is 36.1 Å². The number of rotatable bonds is 5.